The van der Waals surface area contributed by atoms with Crippen LogP contribution in [-0.4, -0.2) is 17.7 Å². The number of carbonyl (C=O) groups excluding carboxylic acids is 3. The lowest BCUT2D eigenvalue weighted by Gasteiger charge is -2.40. The van der Waals surface area contributed by atoms with E-state index in [0.717, 1.165) is 16.9 Å². The van der Waals surface area contributed by atoms with E-state index >= 15 is 0 Å². The maximum Gasteiger partial charge on any atom is 0.266 e. The minimum Gasteiger partial charge on any atom is -0.325 e. The van der Waals surface area contributed by atoms with Crippen LogP contribution in [0.4, 0.5) is 15.8 Å². The van der Waals surface area contributed by atoms with Gasteiger partial charge in [0.1, 0.15) is 5.82 Å². The highest BCUT2D eigenvalue weighted by molar-refractivity contribution is 6.40. The molecule has 160 valence electrons. The average Bonchev–Trinajstić information content (AvgIpc) is 3.00. The predicted molar refractivity (Wildman–Crippen MR) is 120 cm³/mol. The van der Waals surface area contributed by atoms with E-state index in [0.29, 0.717) is 29.7 Å². The van der Waals surface area contributed by atoms with Crippen molar-refractivity contribution in [2.45, 2.75) is 24.7 Å². The second kappa shape index (κ2) is 7.57. The minimum absolute atomic E-state index is 0.168. The summed E-state index contributed by atoms with van der Waals surface area (Å²) >= 11 is 6.42. The summed E-state index contributed by atoms with van der Waals surface area (Å²) in [6.45, 7) is 0. The van der Waals surface area contributed by atoms with Crippen molar-refractivity contribution in [1.29, 1.82) is 0 Å². The Morgan fingerprint density at radius 3 is 2.09 bits per heavy atom. The van der Waals surface area contributed by atoms with Crippen molar-refractivity contribution in [3.63, 3.8) is 0 Å². The Balaban J connectivity index is 1.40. The van der Waals surface area contributed by atoms with Gasteiger partial charge in [0.25, 0.3) is 11.8 Å². The van der Waals surface area contributed by atoms with E-state index in [4.69, 9.17) is 11.6 Å². The lowest BCUT2D eigenvalue weighted by molar-refractivity contribution is -0.124. The topological polar surface area (TPSA) is 66.5 Å². The summed E-state index contributed by atoms with van der Waals surface area (Å²) in [4.78, 5) is 39.6. The lowest BCUT2D eigenvalue weighted by atomic mass is 9.64. The van der Waals surface area contributed by atoms with Crippen LogP contribution in [0, 0.1) is 5.82 Å². The van der Waals surface area contributed by atoms with Crippen molar-refractivity contribution in [1.82, 2.24) is 0 Å². The van der Waals surface area contributed by atoms with Crippen molar-refractivity contribution >= 4 is 40.7 Å². The van der Waals surface area contributed by atoms with Crippen LogP contribution in [0.1, 0.15) is 45.5 Å². The standard InChI is InChI=1S/C25H18ClFN2O3/c26-20-14-17(28-24(32)25(12-3-13-25)15-6-8-16(27)9-7-15)10-11-21(20)29-22(30)18-4-1-2-5-19(18)23(29)31/h1-2,4-11,14H,3,12-13H2,(H,28,32). The van der Waals surface area contributed by atoms with Gasteiger partial charge in [-0.3, -0.25) is 14.4 Å². The second-order valence-electron chi connectivity index (χ2n) is 8.05. The number of hydrogen-bond acceptors (Lipinski definition) is 3. The molecule has 1 saturated carbocycles. The lowest BCUT2D eigenvalue weighted by Crippen LogP contribution is -2.46. The number of hydrogen-bond donors (Lipinski definition) is 1. The van der Waals surface area contributed by atoms with Crippen molar-refractivity contribution < 1.29 is 18.8 Å². The molecule has 0 atom stereocenters. The molecule has 5 nitrogen and oxygen atoms in total. The van der Waals surface area contributed by atoms with Gasteiger partial charge in [0, 0.05) is 5.69 Å². The molecule has 3 amide bonds. The fourth-order valence-electron chi connectivity index (χ4n) is 4.37. The molecule has 0 radical (unpaired) electrons. The van der Waals surface area contributed by atoms with Crippen molar-refractivity contribution in [3.8, 4) is 0 Å². The Morgan fingerprint density at radius 2 is 1.56 bits per heavy atom. The van der Waals surface area contributed by atoms with Crippen LogP contribution in [0.2, 0.25) is 5.02 Å². The van der Waals surface area contributed by atoms with E-state index in [2.05, 4.69) is 5.32 Å². The van der Waals surface area contributed by atoms with Gasteiger partial charge in [0.05, 0.1) is 27.3 Å². The molecule has 2 aliphatic rings. The SMILES string of the molecule is O=C1c2ccccc2C(=O)N1c1ccc(NC(=O)C2(c3ccc(F)cc3)CCC2)cc1Cl. The quantitative estimate of drug-likeness (QED) is 0.548. The monoisotopic (exact) mass is 448 g/mol. The van der Waals surface area contributed by atoms with Gasteiger partial charge in [-0.2, -0.15) is 0 Å². The molecule has 0 saturated heterocycles. The summed E-state index contributed by atoms with van der Waals surface area (Å²) in [6, 6.07) is 17.3. The number of carbonyl (C=O) groups is 3. The second-order valence-corrected chi connectivity index (χ2v) is 8.46. The number of halogens is 2. The Labute approximate surface area is 188 Å². The van der Waals surface area contributed by atoms with Gasteiger partial charge >= 0.3 is 0 Å². The zero-order chi connectivity index (χ0) is 22.5. The maximum atomic E-state index is 13.3. The third kappa shape index (κ3) is 3.10. The van der Waals surface area contributed by atoms with Gasteiger partial charge in [0.2, 0.25) is 5.91 Å². The zero-order valence-corrected chi connectivity index (χ0v) is 17.7. The Morgan fingerprint density at radius 1 is 0.938 bits per heavy atom. The highest BCUT2D eigenvalue weighted by atomic mass is 35.5. The molecular weight excluding hydrogens is 431 g/mol. The number of nitrogens with zero attached hydrogens (tertiary/aromatic N) is 1. The average molecular weight is 449 g/mol. The molecule has 1 fully saturated rings. The van der Waals surface area contributed by atoms with Gasteiger partial charge in [-0.25, -0.2) is 9.29 Å². The molecule has 1 aliphatic carbocycles. The van der Waals surface area contributed by atoms with Crippen LogP contribution in [0.3, 0.4) is 0 Å². The van der Waals surface area contributed by atoms with Gasteiger partial charge in [-0.1, -0.05) is 42.3 Å². The Kier molecular flexibility index (Phi) is 4.82. The van der Waals surface area contributed by atoms with Gasteiger partial charge in [0.15, 0.2) is 0 Å². The maximum absolute atomic E-state index is 13.3. The number of rotatable bonds is 4. The van der Waals surface area contributed by atoms with Gasteiger partial charge in [-0.05, 0) is 60.9 Å². The summed E-state index contributed by atoms with van der Waals surface area (Å²) in [5.41, 5.74) is 1.44. The first-order chi connectivity index (χ1) is 15.4. The van der Waals surface area contributed by atoms with Gasteiger partial charge in [-0.15, -0.1) is 0 Å². The van der Waals surface area contributed by atoms with Crippen molar-refractivity contribution in [2.24, 2.45) is 0 Å². The molecule has 0 unspecified atom stereocenters. The van der Waals surface area contributed by atoms with E-state index in [1.54, 1.807) is 48.5 Å². The van der Waals surface area contributed by atoms with Crippen molar-refractivity contribution in [3.05, 3.63) is 94.3 Å². The summed E-state index contributed by atoms with van der Waals surface area (Å²) in [7, 11) is 0. The van der Waals surface area contributed by atoms with Crippen LogP contribution in [0.25, 0.3) is 0 Å². The highest BCUT2D eigenvalue weighted by Crippen LogP contribution is 2.45. The van der Waals surface area contributed by atoms with Crippen molar-refractivity contribution in [2.75, 3.05) is 10.2 Å². The molecule has 1 aliphatic heterocycles. The number of amides is 3. The molecule has 7 heteroatoms. The number of anilines is 2. The first-order valence-corrected chi connectivity index (χ1v) is 10.6. The molecular formula is C25H18ClFN2O3. The molecule has 0 bridgehead atoms. The third-order valence-electron chi connectivity index (χ3n) is 6.28. The zero-order valence-electron chi connectivity index (χ0n) is 16.9. The summed E-state index contributed by atoms with van der Waals surface area (Å²) in [6.07, 6.45) is 2.25. The van der Waals surface area contributed by atoms with E-state index in [1.165, 1.54) is 18.2 Å². The molecule has 1 heterocycles. The smallest absolute Gasteiger partial charge is 0.266 e. The molecule has 0 aromatic heterocycles. The van der Waals surface area contributed by atoms with Crippen LogP contribution >= 0.6 is 11.6 Å². The fraction of sp³-hybridized carbons (Fsp3) is 0.160. The number of benzene rings is 3. The number of imide groups is 1. The summed E-state index contributed by atoms with van der Waals surface area (Å²) in [5, 5.41) is 3.06. The first kappa shape index (κ1) is 20.4. The number of nitrogens with one attached hydrogen (secondary N) is 1. The van der Waals surface area contributed by atoms with E-state index in [1.807, 2.05) is 0 Å². The molecule has 1 N–H and O–H groups in total. The van der Waals surface area contributed by atoms with E-state index in [9.17, 15) is 18.8 Å². The van der Waals surface area contributed by atoms with E-state index in [-0.39, 0.29) is 22.4 Å². The molecule has 32 heavy (non-hydrogen) atoms. The first-order valence-electron chi connectivity index (χ1n) is 10.3. The van der Waals surface area contributed by atoms with Crippen LogP contribution in [0.5, 0.6) is 0 Å². The Bertz CT molecular complexity index is 1230. The minimum atomic E-state index is -0.707. The molecule has 5 rings (SSSR count). The van der Waals surface area contributed by atoms with Crippen LogP contribution in [-0.2, 0) is 10.2 Å². The third-order valence-corrected chi connectivity index (χ3v) is 6.58. The highest BCUT2D eigenvalue weighted by Gasteiger charge is 2.45. The molecule has 3 aromatic carbocycles. The largest absolute Gasteiger partial charge is 0.325 e. The number of fused-ring (bicyclic) bond motifs is 1. The molecule has 3 aromatic rings. The van der Waals surface area contributed by atoms with Crippen LogP contribution in [0.15, 0.2) is 66.7 Å². The molecule has 0 spiro atoms. The van der Waals surface area contributed by atoms with E-state index < -0.39 is 17.2 Å². The fourth-order valence-corrected chi connectivity index (χ4v) is 4.64. The Hall–Kier alpha value is -3.51. The summed E-state index contributed by atoms with van der Waals surface area (Å²) < 4.78 is 13.3. The summed E-state index contributed by atoms with van der Waals surface area (Å²) in [5.74, 6) is -1.41. The van der Waals surface area contributed by atoms with Gasteiger partial charge < -0.3 is 5.32 Å². The predicted octanol–water partition coefficient (Wildman–Crippen LogP) is 5.34. The van der Waals surface area contributed by atoms with Crippen LogP contribution < -0.4 is 10.2 Å². The normalized spacial score (nSPS) is 16.5.